The highest BCUT2D eigenvalue weighted by Gasteiger charge is 2.18. The number of halogens is 2. The number of rotatable bonds is 6. The summed E-state index contributed by atoms with van der Waals surface area (Å²) in [7, 11) is 1.26. The average Bonchev–Trinajstić information content (AvgIpc) is 3.36. The van der Waals surface area contributed by atoms with Crippen molar-refractivity contribution in [2.24, 2.45) is 0 Å². The minimum absolute atomic E-state index is 0.110. The molecule has 3 aromatic rings. The number of amides is 1. The first kappa shape index (κ1) is 21.7. The van der Waals surface area contributed by atoms with Crippen molar-refractivity contribution in [3.8, 4) is 6.07 Å². The van der Waals surface area contributed by atoms with E-state index in [9.17, 15) is 14.9 Å². The topological polar surface area (TPSA) is 84.1 Å². The Hall–Kier alpha value is -3.05. The van der Waals surface area contributed by atoms with Crippen molar-refractivity contribution in [3.63, 3.8) is 0 Å². The number of thiophene rings is 1. The van der Waals surface area contributed by atoms with E-state index in [-0.39, 0.29) is 11.1 Å². The van der Waals surface area contributed by atoms with Crippen molar-refractivity contribution in [3.05, 3.63) is 80.4 Å². The van der Waals surface area contributed by atoms with Gasteiger partial charge >= 0.3 is 5.97 Å². The molecule has 0 fully saturated rings. The standard InChI is InChI=1S/C21H15Cl2N3O3S/c1-29-21(28)17-6-8-30-20(17)25-19(27)14(11-24)9-16-3-2-7-26(16)12-13-4-5-15(22)10-18(13)23/h2-10H,12H2,1H3,(H,25,27)/b14-9+. The van der Waals surface area contributed by atoms with E-state index in [0.29, 0.717) is 27.3 Å². The molecule has 1 aromatic carbocycles. The van der Waals surface area contributed by atoms with E-state index in [0.717, 1.165) is 5.56 Å². The lowest BCUT2D eigenvalue weighted by Crippen LogP contribution is -2.15. The number of nitriles is 1. The van der Waals surface area contributed by atoms with Crippen LogP contribution in [0.4, 0.5) is 5.00 Å². The number of nitrogens with zero attached hydrogens (tertiary/aromatic N) is 2. The summed E-state index contributed by atoms with van der Waals surface area (Å²) in [6.07, 6.45) is 3.29. The lowest BCUT2D eigenvalue weighted by Gasteiger charge is -2.10. The fourth-order valence-corrected chi connectivity index (χ4v) is 3.92. The molecule has 0 aliphatic heterocycles. The molecule has 0 aliphatic rings. The van der Waals surface area contributed by atoms with Gasteiger partial charge in [-0.3, -0.25) is 4.79 Å². The van der Waals surface area contributed by atoms with Crippen molar-refractivity contribution in [1.82, 2.24) is 4.57 Å². The Bertz CT molecular complexity index is 1170. The molecule has 0 saturated carbocycles. The lowest BCUT2D eigenvalue weighted by atomic mass is 10.2. The highest BCUT2D eigenvalue weighted by Crippen LogP contribution is 2.25. The number of methoxy groups -OCH3 is 1. The highest BCUT2D eigenvalue weighted by molar-refractivity contribution is 7.14. The summed E-state index contributed by atoms with van der Waals surface area (Å²) in [6, 6.07) is 12.3. The maximum Gasteiger partial charge on any atom is 0.340 e. The molecule has 2 heterocycles. The normalized spacial score (nSPS) is 11.1. The Morgan fingerprint density at radius 1 is 1.30 bits per heavy atom. The molecule has 1 amide bonds. The predicted octanol–water partition coefficient (Wildman–Crippen LogP) is 5.24. The second-order valence-electron chi connectivity index (χ2n) is 6.08. The number of ether oxygens (including phenoxy) is 1. The minimum atomic E-state index is -0.623. The van der Waals surface area contributed by atoms with Gasteiger partial charge in [0, 0.05) is 28.5 Å². The molecule has 0 bridgehead atoms. The van der Waals surface area contributed by atoms with Crippen LogP contribution in [0.5, 0.6) is 0 Å². The van der Waals surface area contributed by atoms with Crippen LogP contribution in [0.25, 0.3) is 6.08 Å². The van der Waals surface area contributed by atoms with E-state index >= 15 is 0 Å². The molecule has 0 unspecified atom stereocenters. The minimum Gasteiger partial charge on any atom is -0.465 e. The van der Waals surface area contributed by atoms with E-state index in [2.05, 4.69) is 5.32 Å². The SMILES string of the molecule is COC(=O)c1ccsc1NC(=O)/C(C#N)=C/c1cccn1Cc1ccc(Cl)cc1Cl. The quantitative estimate of drug-likeness (QED) is 0.310. The van der Waals surface area contributed by atoms with E-state index in [1.807, 2.05) is 22.9 Å². The highest BCUT2D eigenvalue weighted by atomic mass is 35.5. The third-order valence-electron chi connectivity index (χ3n) is 4.18. The Morgan fingerprint density at radius 3 is 2.80 bits per heavy atom. The van der Waals surface area contributed by atoms with E-state index in [1.54, 1.807) is 35.7 Å². The van der Waals surface area contributed by atoms with Gasteiger partial charge in [-0.1, -0.05) is 29.3 Å². The largest absolute Gasteiger partial charge is 0.465 e. The van der Waals surface area contributed by atoms with Gasteiger partial charge in [-0.15, -0.1) is 11.3 Å². The summed E-state index contributed by atoms with van der Waals surface area (Å²) in [5, 5.41) is 15.1. The van der Waals surface area contributed by atoms with Crippen LogP contribution in [0, 0.1) is 11.3 Å². The first-order chi connectivity index (χ1) is 14.4. The van der Waals surface area contributed by atoms with Gasteiger partial charge in [-0.05, 0) is 47.4 Å². The fraction of sp³-hybridized carbons (Fsp3) is 0.0952. The zero-order valence-electron chi connectivity index (χ0n) is 15.7. The van der Waals surface area contributed by atoms with Crippen LogP contribution < -0.4 is 5.32 Å². The third kappa shape index (κ3) is 4.92. The van der Waals surface area contributed by atoms with Crippen LogP contribution in [0.15, 0.2) is 53.5 Å². The molecule has 0 aliphatic carbocycles. The van der Waals surface area contributed by atoms with Gasteiger partial charge in [-0.2, -0.15) is 5.26 Å². The van der Waals surface area contributed by atoms with Crippen molar-refractivity contribution < 1.29 is 14.3 Å². The second-order valence-corrected chi connectivity index (χ2v) is 7.84. The average molecular weight is 460 g/mol. The molecule has 30 heavy (non-hydrogen) atoms. The first-order valence-electron chi connectivity index (χ1n) is 8.61. The number of hydrogen-bond acceptors (Lipinski definition) is 5. The summed E-state index contributed by atoms with van der Waals surface area (Å²) in [5.74, 6) is -1.19. The number of carbonyl (C=O) groups excluding carboxylic acids is 2. The Morgan fingerprint density at radius 2 is 2.10 bits per heavy atom. The maximum atomic E-state index is 12.6. The van der Waals surface area contributed by atoms with E-state index in [1.165, 1.54) is 24.5 Å². The number of benzene rings is 1. The van der Waals surface area contributed by atoms with E-state index < -0.39 is 11.9 Å². The van der Waals surface area contributed by atoms with Crippen LogP contribution in [-0.4, -0.2) is 23.6 Å². The molecule has 0 radical (unpaired) electrons. The van der Waals surface area contributed by atoms with Gasteiger partial charge in [-0.25, -0.2) is 4.79 Å². The molecule has 1 N–H and O–H groups in total. The molecule has 0 atom stereocenters. The Kier molecular flexibility index (Phi) is 6.95. The number of nitrogens with one attached hydrogen (secondary N) is 1. The summed E-state index contributed by atoms with van der Waals surface area (Å²) < 4.78 is 6.54. The number of esters is 1. The molecule has 3 rings (SSSR count). The van der Waals surface area contributed by atoms with Crippen molar-refractivity contribution >= 4 is 57.5 Å². The fourth-order valence-electron chi connectivity index (χ4n) is 2.68. The number of aromatic nitrogens is 1. The summed E-state index contributed by atoms with van der Waals surface area (Å²) in [5.41, 5.74) is 1.61. The molecular weight excluding hydrogens is 445 g/mol. The van der Waals surface area contributed by atoms with Crippen molar-refractivity contribution in [2.45, 2.75) is 6.54 Å². The van der Waals surface area contributed by atoms with Gasteiger partial charge < -0.3 is 14.6 Å². The van der Waals surface area contributed by atoms with Gasteiger partial charge in [0.2, 0.25) is 0 Å². The van der Waals surface area contributed by atoms with Crippen LogP contribution in [0.2, 0.25) is 10.0 Å². The molecule has 0 spiro atoms. The van der Waals surface area contributed by atoms with Crippen LogP contribution in [-0.2, 0) is 16.1 Å². The monoisotopic (exact) mass is 459 g/mol. The summed E-state index contributed by atoms with van der Waals surface area (Å²) in [4.78, 5) is 24.4. The first-order valence-corrected chi connectivity index (χ1v) is 10.2. The number of hydrogen-bond donors (Lipinski definition) is 1. The van der Waals surface area contributed by atoms with Gasteiger partial charge in [0.05, 0.1) is 12.7 Å². The Balaban J connectivity index is 1.83. The lowest BCUT2D eigenvalue weighted by molar-refractivity contribution is -0.112. The number of anilines is 1. The Labute approximate surface area is 186 Å². The zero-order valence-corrected chi connectivity index (χ0v) is 18.0. The molecule has 0 saturated heterocycles. The maximum absolute atomic E-state index is 12.6. The smallest absolute Gasteiger partial charge is 0.340 e. The predicted molar refractivity (Wildman–Crippen MR) is 118 cm³/mol. The molecule has 152 valence electrons. The second kappa shape index (κ2) is 9.63. The third-order valence-corrected chi connectivity index (χ3v) is 5.59. The summed E-state index contributed by atoms with van der Waals surface area (Å²) >= 11 is 13.4. The van der Waals surface area contributed by atoms with Crippen molar-refractivity contribution in [1.29, 1.82) is 5.26 Å². The molecular formula is C21H15Cl2N3O3S. The van der Waals surface area contributed by atoms with Gasteiger partial charge in [0.15, 0.2) is 0 Å². The molecule has 9 heteroatoms. The van der Waals surface area contributed by atoms with Crippen molar-refractivity contribution in [2.75, 3.05) is 12.4 Å². The zero-order chi connectivity index (χ0) is 21.7. The van der Waals surface area contributed by atoms with Crippen LogP contribution in [0.3, 0.4) is 0 Å². The van der Waals surface area contributed by atoms with Gasteiger partial charge in [0.1, 0.15) is 16.6 Å². The van der Waals surface area contributed by atoms with E-state index in [4.69, 9.17) is 27.9 Å². The van der Waals surface area contributed by atoms with Gasteiger partial charge in [0.25, 0.3) is 5.91 Å². The molecule has 2 aromatic heterocycles. The van der Waals surface area contributed by atoms with Crippen LogP contribution in [0.1, 0.15) is 21.6 Å². The number of carbonyl (C=O) groups is 2. The van der Waals surface area contributed by atoms with Crippen LogP contribution >= 0.6 is 34.5 Å². The molecule has 6 nitrogen and oxygen atoms in total. The summed E-state index contributed by atoms with van der Waals surface area (Å²) in [6.45, 7) is 0.437.